The standard InChI is InChI=1S/C14H22N2O2/c1-4-12(16-3)10-6-8-11(9-7-10)18-13(5-2)14(15)17/h6-9,12-13,16H,4-5H2,1-3H3,(H2,15,17). The van der Waals surface area contributed by atoms with Crippen LogP contribution in [0.25, 0.3) is 0 Å². The molecule has 0 radical (unpaired) electrons. The molecule has 100 valence electrons. The van der Waals surface area contributed by atoms with E-state index in [1.165, 1.54) is 5.56 Å². The van der Waals surface area contributed by atoms with Crippen LogP contribution in [0.2, 0.25) is 0 Å². The molecule has 4 nitrogen and oxygen atoms in total. The predicted octanol–water partition coefficient (Wildman–Crippen LogP) is 2.00. The molecule has 0 bridgehead atoms. The molecule has 0 saturated carbocycles. The Morgan fingerprint density at radius 2 is 1.89 bits per heavy atom. The van der Waals surface area contributed by atoms with Crippen LogP contribution in [-0.2, 0) is 4.79 Å². The van der Waals surface area contributed by atoms with Crippen molar-refractivity contribution in [3.63, 3.8) is 0 Å². The second-order valence-corrected chi connectivity index (χ2v) is 4.24. The summed E-state index contributed by atoms with van der Waals surface area (Å²) in [4.78, 5) is 11.1. The summed E-state index contributed by atoms with van der Waals surface area (Å²) in [6.45, 7) is 4.00. The average molecular weight is 250 g/mol. The molecule has 1 rings (SSSR count). The minimum atomic E-state index is -0.554. The van der Waals surface area contributed by atoms with E-state index in [1.807, 2.05) is 38.2 Å². The van der Waals surface area contributed by atoms with E-state index in [4.69, 9.17) is 10.5 Å². The van der Waals surface area contributed by atoms with Crippen molar-refractivity contribution in [1.29, 1.82) is 0 Å². The normalized spacial score (nSPS) is 13.9. The van der Waals surface area contributed by atoms with Crippen molar-refractivity contribution in [3.8, 4) is 5.75 Å². The molecule has 1 aromatic rings. The van der Waals surface area contributed by atoms with Crippen LogP contribution >= 0.6 is 0 Å². The van der Waals surface area contributed by atoms with Gasteiger partial charge in [0.15, 0.2) is 6.10 Å². The van der Waals surface area contributed by atoms with Gasteiger partial charge in [0, 0.05) is 6.04 Å². The van der Waals surface area contributed by atoms with Crippen LogP contribution < -0.4 is 15.8 Å². The fourth-order valence-corrected chi connectivity index (χ4v) is 1.89. The van der Waals surface area contributed by atoms with Crippen molar-refractivity contribution >= 4 is 5.91 Å². The molecule has 0 aliphatic rings. The van der Waals surface area contributed by atoms with Gasteiger partial charge in [-0.05, 0) is 37.6 Å². The quantitative estimate of drug-likeness (QED) is 0.778. The Kier molecular flexibility index (Phi) is 5.65. The summed E-state index contributed by atoms with van der Waals surface area (Å²) in [5, 5.41) is 3.24. The molecular weight excluding hydrogens is 228 g/mol. The Hall–Kier alpha value is -1.55. The Balaban J connectivity index is 2.73. The molecule has 1 amide bonds. The molecule has 0 fully saturated rings. The van der Waals surface area contributed by atoms with Crippen LogP contribution in [0.1, 0.15) is 38.3 Å². The first-order valence-electron chi connectivity index (χ1n) is 6.35. The molecule has 0 aliphatic carbocycles. The number of nitrogens with one attached hydrogen (secondary N) is 1. The molecule has 18 heavy (non-hydrogen) atoms. The summed E-state index contributed by atoms with van der Waals surface area (Å²) in [5.41, 5.74) is 6.45. The van der Waals surface area contributed by atoms with Gasteiger partial charge in [-0.15, -0.1) is 0 Å². The van der Waals surface area contributed by atoms with E-state index in [1.54, 1.807) is 0 Å². The van der Waals surface area contributed by atoms with Gasteiger partial charge >= 0.3 is 0 Å². The highest BCUT2D eigenvalue weighted by Crippen LogP contribution is 2.20. The molecule has 0 aromatic heterocycles. The average Bonchev–Trinajstić information content (AvgIpc) is 2.38. The summed E-state index contributed by atoms with van der Waals surface area (Å²) in [6.07, 6.45) is 1.04. The van der Waals surface area contributed by atoms with Gasteiger partial charge in [0.05, 0.1) is 0 Å². The molecule has 3 N–H and O–H groups in total. The van der Waals surface area contributed by atoms with Gasteiger partial charge in [-0.25, -0.2) is 0 Å². The third-order valence-corrected chi connectivity index (χ3v) is 3.01. The van der Waals surface area contributed by atoms with Crippen LogP contribution in [0, 0.1) is 0 Å². The molecule has 0 heterocycles. The highest BCUT2D eigenvalue weighted by atomic mass is 16.5. The third kappa shape index (κ3) is 3.74. The maximum absolute atomic E-state index is 11.1. The molecule has 0 spiro atoms. The second-order valence-electron chi connectivity index (χ2n) is 4.24. The topological polar surface area (TPSA) is 64.3 Å². The molecule has 0 saturated heterocycles. The number of hydrogen-bond donors (Lipinski definition) is 2. The minimum absolute atomic E-state index is 0.345. The predicted molar refractivity (Wildman–Crippen MR) is 72.4 cm³/mol. The number of nitrogens with two attached hydrogens (primary N) is 1. The molecule has 2 unspecified atom stereocenters. The fourth-order valence-electron chi connectivity index (χ4n) is 1.89. The van der Waals surface area contributed by atoms with Gasteiger partial charge in [-0.2, -0.15) is 0 Å². The molecule has 0 aliphatic heterocycles. The van der Waals surface area contributed by atoms with Crippen molar-refractivity contribution in [2.24, 2.45) is 5.73 Å². The van der Waals surface area contributed by atoms with E-state index in [0.29, 0.717) is 18.2 Å². The molecule has 1 aromatic carbocycles. The van der Waals surface area contributed by atoms with Gasteiger partial charge in [-0.3, -0.25) is 4.79 Å². The van der Waals surface area contributed by atoms with E-state index < -0.39 is 12.0 Å². The Labute approximate surface area is 109 Å². The van der Waals surface area contributed by atoms with Crippen molar-refractivity contribution < 1.29 is 9.53 Å². The number of hydrogen-bond acceptors (Lipinski definition) is 3. The number of amides is 1. The number of carbonyl (C=O) groups is 1. The summed E-state index contributed by atoms with van der Waals surface area (Å²) in [5.74, 6) is 0.249. The first kappa shape index (κ1) is 14.5. The smallest absolute Gasteiger partial charge is 0.258 e. The van der Waals surface area contributed by atoms with Crippen LogP contribution in [0.5, 0.6) is 5.75 Å². The van der Waals surface area contributed by atoms with Crippen molar-refractivity contribution in [2.75, 3.05) is 7.05 Å². The maximum Gasteiger partial charge on any atom is 0.258 e. The summed E-state index contributed by atoms with van der Waals surface area (Å²) in [7, 11) is 1.94. The fraction of sp³-hybridized carbons (Fsp3) is 0.500. The van der Waals surface area contributed by atoms with Gasteiger partial charge < -0.3 is 15.8 Å². The van der Waals surface area contributed by atoms with Gasteiger partial charge in [0.1, 0.15) is 5.75 Å². The zero-order chi connectivity index (χ0) is 13.5. The summed E-state index contributed by atoms with van der Waals surface area (Å²) in [6, 6.07) is 8.11. The highest BCUT2D eigenvalue weighted by Gasteiger charge is 2.14. The lowest BCUT2D eigenvalue weighted by Gasteiger charge is -2.17. The summed E-state index contributed by atoms with van der Waals surface area (Å²) < 4.78 is 5.53. The van der Waals surface area contributed by atoms with Crippen molar-refractivity contribution in [3.05, 3.63) is 29.8 Å². The number of primary amides is 1. The summed E-state index contributed by atoms with van der Waals surface area (Å²) >= 11 is 0. The van der Waals surface area contributed by atoms with Crippen LogP contribution in [0.4, 0.5) is 0 Å². The van der Waals surface area contributed by atoms with E-state index in [-0.39, 0.29) is 0 Å². The zero-order valence-corrected chi connectivity index (χ0v) is 11.3. The molecular formula is C14H22N2O2. The second kappa shape index (κ2) is 7.01. The number of ether oxygens (including phenoxy) is 1. The SMILES string of the molecule is CCC(Oc1ccc(C(CC)NC)cc1)C(N)=O. The van der Waals surface area contributed by atoms with E-state index in [0.717, 1.165) is 6.42 Å². The zero-order valence-electron chi connectivity index (χ0n) is 11.3. The van der Waals surface area contributed by atoms with E-state index in [9.17, 15) is 4.79 Å². The Morgan fingerprint density at radius 3 is 2.28 bits per heavy atom. The van der Waals surface area contributed by atoms with Crippen molar-refractivity contribution in [2.45, 2.75) is 38.8 Å². The third-order valence-electron chi connectivity index (χ3n) is 3.01. The lowest BCUT2D eigenvalue weighted by molar-refractivity contribution is -0.124. The molecule has 4 heteroatoms. The highest BCUT2D eigenvalue weighted by molar-refractivity contribution is 5.79. The maximum atomic E-state index is 11.1. The van der Waals surface area contributed by atoms with Crippen LogP contribution in [0.15, 0.2) is 24.3 Å². The lowest BCUT2D eigenvalue weighted by atomic mass is 10.0. The number of benzene rings is 1. The van der Waals surface area contributed by atoms with Gasteiger partial charge in [-0.1, -0.05) is 26.0 Å². The van der Waals surface area contributed by atoms with Gasteiger partial charge in [0.25, 0.3) is 5.91 Å². The number of carbonyl (C=O) groups excluding carboxylic acids is 1. The van der Waals surface area contributed by atoms with Gasteiger partial charge in [0.2, 0.25) is 0 Å². The Bertz CT molecular complexity index is 372. The monoisotopic (exact) mass is 250 g/mol. The largest absolute Gasteiger partial charge is 0.481 e. The Morgan fingerprint density at radius 1 is 1.28 bits per heavy atom. The first-order valence-corrected chi connectivity index (χ1v) is 6.35. The van der Waals surface area contributed by atoms with E-state index >= 15 is 0 Å². The van der Waals surface area contributed by atoms with Crippen molar-refractivity contribution in [1.82, 2.24) is 5.32 Å². The lowest BCUT2D eigenvalue weighted by Crippen LogP contribution is -2.32. The van der Waals surface area contributed by atoms with Crippen LogP contribution in [0.3, 0.4) is 0 Å². The van der Waals surface area contributed by atoms with Crippen LogP contribution in [-0.4, -0.2) is 19.1 Å². The minimum Gasteiger partial charge on any atom is -0.481 e. The molecule has 2 atom stereocenters. The van der Waals surface area contributed by atoms with E-state index in [2.05, 4.69) is 12.2 Å². The first-order chi connectivity index (χ1) is 8.62. The number of rotatable bonds is 7.